The first-order chi connectivity index (χ1) is 18.9. The Morgan fingerprint density at radius 1 is 0.897 bits per heavy atom. The van der Waals surface area contributed by atoms with Crippen LogP contribution in [0, 0.1) is 0 Å². The number of carbonyl (C=O) groups excluding carboxylic acids is 1. The van der Waals surface area contributed by atoms with Crippen molar-refractivity contribution < 1.29 is 13.2 Å². The quantitative estimate of drug-likeness (QED) is 0.410. The predicted molar refractivity (Wildman–Crippen MR) is 153 cm³/mol. The number of halogens is 1. The summed E-state index contributed by atoms with van der Waals surface area (Å²) in [5, 5.41) is 2.15. The number of rotatable bonds is 5. The number of carbonyl (C=O) groups is 1. The van der Waals surface area contributed by atoms with E-state index in [1.165, 1.54) is 22.0 Å². The number of sulfonamides is 1. The number of hydrogen-bond donors (Lipinski definition) is 1. The molecule has 3 aliphatic rings. The summed E-state index contributed by atoms with van der Waals surface area (Å²) in [4.78, 5) is 14.4. The van der Waals surface area contributed by atoms with Gasteiger partial charge in [-0.1, -0.05) is 72.3 Å². The van der Waals surface area contributed by atoms with Crippen molar-refractivity contribution in [1.29, 1.82) is 0 Å². The van der Waals surface area contributed by atoms with Gasteiger partial charge in [0.05, 0.1) is 10.6 Å². The van der Waals surface area contributed by atoms with Gasteiger partial charge in [-0.2, -0.15) is 4.31 Å². The van der Waals surface area contributed by atoms with Gasteiger partial charge in [-0.25, -0.2) is 13.4 Å². The van der Waals surface area contributed by atoms with E-state index in [0.717, 1.165) is 41.7 Å². The molecule has 6 nitrogen and oxygen atoms in total. The standard InChI is InChI=1S/C31H30ClN3O3S/c32-25-16-18-26(19-17-25)39(37,38)34-20-8-15-28(34)31(36)35-30(23-11-5-2-6-12-23)27-14-7-13-24(29(27)33-35)21-22-9-3-1-4-10-22/h1-6,9-12,16-19,21,28,30,33H,7-8,13-15,20H2. The molecule has 0 spiro atoms. The molecule has 2 atom stereocenters. The van der Waals surface area contributed by atoms with Crippen molar-refractivity contribution in [3.05, 3.63) is 118 Å². The van der Waals surface area contributed by atoms with Crippen molar-refractivity contribution in [3.63, 3.8) is 0 Å². The fourth-order valence-corrected chi connectivity index (χ4v) is 7.70. The van der Waals surface area contributed by atoms with Gasteiger partial charge < -0.3 is 0 Å². The van der Waals surface area contributed by atoms with Gasteiger partial charge in [0.15, 0.2) is 0 Å². The van der Waals surface area contributed by atoms with Gasteiger partial charge in [-0.15, -0.1) is 0 Å². The molecule has 1 fully saturated rings. The third-order valence-electron chi connectivity index (χ3n) is 7.76. The highest BCUT2D eigenvalue weighted by atomic mass is 35.5. The molecule has 1 N–H and O–H groups in total. The Morgan fingerprint density at radius 3 is 2.31 bits per heavy atom. The van der Waals surface area contributed by atoms with Gasteiger partial charge in [0, 0.05) is 11.6 Å². The van der Waals surface area contributed by atoms with E-state index in [2.05, 4.69) is 23.6 Å². The summed E-state index contributed by atoms with van der Waals surface area (Å²) in [5.41, 5.74) is 8.90. The van der Waals surface area contributed by atoms with Crippen LogP contribution in [0.5, 0.6) is 0 Å². The van der Waals surface area contributed by atoms with E-state index in [1.807, 2.05) is 48.5 Å². The molecule has 8 heteroatoms. The van der Waals surface area contributed by atoms with Crippen LogP contribution in [0.4, 0.5) is 0 Å². The number of hydrogen-bond acceptors (Lipinski definition) is 4. The SMILES string of the molecule is O=C(C1CCCN1S(=O)(=O)c1ccc(Cl)cc1)N1NC2=C(CCCC2=Cc2ccccc2)C1c1ccccc1. The van der Waals surface area contributed by atoms with E-state index >= 15 is 0 Å². The van der Waals surface area contributed by atoms with Crippen LogP contribution in [0.25, 0.3) is 6.08 Å². The zero-order chi connectivity index (χ0) is 27.0. The average molecular weight is 560 g/mol. The Bertz CT molecular complexity index is 1540. The smallest absolute Gasteiger partial charge is 0.260 e. The van der Waals surface area contributed by atoms with E-state index < -0.39 is 16.1 Å². The number of allylic oxidation sites excluding steroid dienone is 1. The van der Waals surface area contributed by atoms with Crippen molar-refractivity contribution in [2.24, 2.45) is 0 Å². The summed E-state index contributed by atoms with van der Waals surface area (Å²) in [6, 6.07) is 25.2. The summed E-state index contributed by atoms with van der Waals surface area (Å²) in [7, 11) is -3.86. The molecule has 6 rings (SSSR count). The zero-order valence-corrected chi connectivity index (χ0v) is 23.0. The lowest BCUT2D eigenvalue weighted by Crippen LogP contribution is -2.51. The summed E-state index contributed by atoms with van der Waals surface area (Å²) in [6.07, 6.45) is 6.05. The molecule has 200 valence electrons. The second-order valence-corrected chi connectivity index (χ2v) is 12.5. The van der Waals surface area contributed by atoms with E-state index in [-0.39, 0.29) is 16.8 Å². The maximum atomic E-state index is 14.3. The van der Waals surface area contributed by atoms with Crippen LogP contribution >= 0.6 is 11.6 Å². The van der Waals surface area contributed by atoms with Gasteiger partial charge in [-0.05, 0) is 84.7 Å². The summed E-state index contributed by atoms with van der Waals surface area (Å²) in [5.74, 6) is -0.229. The van der Waals surface area contributed by atoms with Crippen LogP contribution < -0.4 is 5.43 Å². The van der Waals surface area contributed by atoms with Crippen LogP contribution in [0.15, 0.2) is 107 Å². The highest BCUT2D eigenvalue weighted by Crippen LogP contribution is 2.44. The fraction of sp³-hybridized carbons (Fsp3) is 0.258. The lowest BCUT2D eigenvalue weighted by molar-refractivity contribution is -0.138. The molecule has 39 heavy (non-hydrogen) atoms. The minimum absolute atomic E-state index is 0.145. The highest BCUT2D eigenvalue weighted by molar-refractivity contribution is 7.89. The second kappa shape index (κ2) is 10.6. The Kier molecular flexibility index (Phi) is 7.06. The van der Waals surface area contributed by atoms with Crippen LogP contribution in [-0.2, 0) is 14.8 Å². The number of benzene rings is 3. The van der Waals surface area contributed by atoms with E-state index in [4.69, 9.17) is 11.6 Å². The molecule has 2 unspecified atom stereocenters. The molecule has 2 aliphatic heterocycles. The topological polar surface area (TPSA) is 69.7 Å². The van der Waals surface area contributed by atoms with E-state index in [9.17, 15) is 13.2 Å². The van der Waals surface area contributed by atoms with Gasteiger partial charge in [0.2, 0.25) is 10.0 Å². The first-order valence-electron chi connectivity index (χ1n) is 13.3. The van der Waals surface area contributed by atoms with Crippen LogP contribution in [0.3, 0.4) is 0 Å². The van der Waals surface area contributed by atoms with Crippen LogP contribution in [-0.4, -0.2) is 36.2 Å². The molecule has 3 aromatic rings. The molecular weight excluding hydrogens is 530 g/mol. The molecule has 1 amide bonds. The van der Waals surface area contributed by atoms with Crippen LogP contribution in [0.1, 0.15) is 49.3 Å². The summed E-state index contributed by atoms with van der Waals surface area (Å²) >= 11 is 6.00. The average Bonchev–Trinajstić information content (AvgIpc) is 3.61. The first kappa shape index (κ1) is 25.9. The van der Waals surface area contributed by atoms with Crippen molar-refractivity contribution >= 4 is 33.6 Å². The minimum atomic E-state index is -3.86. The lowest BCUT2D eigenvalue weighted by Gasteiger charge is -2.32. The second-order valence-electron chi connectivity index (χ2n) is 10.2. The van der Waals surface area contributed by atoms with Gasteiger partial charge in [0.25, 0.3) is 5.91 Å². The largest absolute Gasteiger partial charge is 0.295 e. The zero-order valence-electron chi connectivity index (χ0n) is 21.5. The third-order valence-corrected chi connectivity index (χ3v) is 9.93. The van der Waals surface area contributed by atoms with Crippen molar-refractivity contribution in [3.8, 4) is 0 Å². The Labute approximate surface area is 234 Å². The molecule has 0 saturated carbocycles. The Morgan fingerprint density at radius 2 is 1.59 bits per heavy atom. The van der Waals surface area contributed by atoms with E-state index in [0.29, 0.717) is 24.4 Å². The number of hydrazine groups is 1. The van der Waals surface area contributed by atoms with E-state index in [1.54, 1.807) is 17.1 Å². The molecule has 1 aliphatic carbocycles. The van der Waals surface area contributed by atoms with Crippen molar-refractivity contribution in [2.75, 3.05) is 6.54 Å². The molecule has 2 heterocycles. The monoisotopic (exact) mass is 559 g/mol. The Hall–Kier alpha value is -3.39. The lowest BCUT2D eigenvalue weighted by atomic mass is 9.86. The maximum Gasteiger partial charge on any atom is 0.260 e. The van der Waals surface area contributed by atoms with Gasteiger partial charge >= 0.3 is 0 Å². The van der Waals surface area contributed by atoms with Gasteiger partial charge in [-0.3, -0.25) is 10.2 Å². The van der Waals surface area contributed by atoms with Gasteiger partial charge in [0.1, 0.15) is 12.1 Å². The minimum Gasteiger partial charge on any atom is -0.295 e. The van der Waals surface area contributed by atoms with Crippen molar-refractivity contribution in [1.82, 2.24) is 14.7 Å². The Balaban J connectivity index is 1.36. The first-order valence-corrected chi connectivity index (χ1v) is 15.2. The summed E-state index contributed by atoms with van der Waals surface area (Å²) in [6.45, 7) is 0.303. The normalized spacial score (nSPS) is 22.7. The number of amides is 1. The molecular formula is C31H30ClN3O3S. The maximum absolute atomic E-state index is 14.3. The molecule has 0 aromatic heterocycles. The molecule has 3 aromatic carbocycles. The third kappa shape index (κ3) is 4.91. The van der Waals surface area contributed by atoms with Crippen LogP contribution in [0.2, 0.25) is 5.02 Å². The number of nitrogens with zero attached hydrogens (tertiary/aromatic N) is 2. The summed E-state index contributed by atoms with van der Waals surface area (Å²) < 4.78 is 28.6. The molecule has 0 radical (unpaired) electrons. The molecule has 0 bridgehead atoms. The van der Waals surface area contributed by atoms with Crippen molar-refractivity contribution in [2.45, 2.75) is 49.1 Å². The number of nitrogens with one attached hydrogen (secondary N) is 1. The predicted octanol–water partition coefficient (Wildman–Crippen LogP) is 6.10. The highest BCUT2D eigenvalue weighted by Gasteiger charge is 2.46. The molecule has 1 saturated heterocycles. The fourth-order valence-electron chi connectivity index (χ4n) is 5.92.